The highest BCUT2D eigenvalue weighted by atomic mass is 127. The third-order valence-electron chi connectivity index (χ3n) is 2.63. The Morgan fingerprint density at radius 3 is 2.50 bits per heavy atom. The van der Waals surface area contributed by atoms with Gasteiger partial charge in [-0.05, 0) is 40.5 Å². The highest BCUT2D eigenvalue weighted by Gasteiger charge is 2.03. The molecule has 0 aliphatic rings. The molecule has 0 saturated heterocycles. The molecule has 4 heteroatoms. The molecular weight excluding hydrogens is 339 g/mol. The molecule has 3 nitrogen and oxygen atoms in total. The Kier molecular flexibility index (Phi) is 4.16. The van der Waals surface area contributed by atoms with Crippen LogP contribution in [0.25, 0.3) is 11.4 Å². The van der Waals surface area contributed by atoms with Crippen molar-refractivity contribution in [2.75, 3.05) is 0 Å². The molecule has 0 aliphatic heterocycles. The van der Waals surface area contributed by atoms with Crippen molar-refractivity contribution >= 4 is 22.6 Å². The maximum Gasteiger partial charge on any atom is 0.264 e. The molecule has 1 N–H and O–H groups in total. The van der Waals surface area contributed by atoms with Gasteiger partial charge in [0, 0.05) is 11.8 Å². The molecule has 2 rings (SSSR count). The van der Waals surface area contributed by atoms with E-state index in [0.29, 0.717) is 15.3 Å². The Morgan fingerprint density at radius 2 is 1.94 bits per heavy atom. The van der Waals surface area contributed by atoms with Gasteiger partial charge < -0.3 is 4.98 Å². The van der Waals surface area contributed by atoms with Gasteiger partial charge >= 0.3 is 0 Å². The van der Waals surface area contributed by atoms with Gasteiger partial charge in [0.1, 0.15) is 5.82 Å². The van der Waals surface area contributed by atoms with E-state index >= 15 is 0 Å². The van der Waals surface area contributed by atoms with Crippen molar-refractivity contribution in [2.45, 2.75) is 20.3 Å². The van der Waals surface area contributed by atoms with Crippen molar-refractivity contribution in [3.8, 4) is 11.4 Å². The second-order valence-electron chi connectivity index (χ2n) is 4.70. The zero-order valence-electron chi connectivity index (χ0n) is 10.4. The first kappa shape index (κ1) is 13.3. The Labute approximate surface area is 120 Å². The van der Waals surface area contributed by atoms with E-state index in [4.69, 9.17) is 0 Å². The first-order valence-corrected chi connectivity index (χ1v) is 6.98. The van der Waals surface area contributed by atoms with E-state index in [2.05, 4.69) is 35.9 Å². The van der Waals surface area contributed by atoms with E-state index < -0.39 is 0 Å². The van der Waals surface area contributed by atoms with Crippen molar-refractivity contribution in [1.82, 2.24) is 9.97 Å². The number of halogens is 1. The smallest absolute Gasteiger partial charge is 0.264 e. The van der Waals surface area contributed by atoms with Crippen LogP contribution in [0, 0.1) is 9.49 Å². The molecule has 0 bridgehead atoms. The summed E-state index contributed by atoms with van der Waals surface area (Å²) in [5.41, 5.74) is 2.16. The molecule has 0 spiro atoms. The average Bonchev–Trinajstić information content (AvgIpc) is 2.33. The van der Waals surface area contributed by atoms with Gasteiger partial charge in [-0.3, -0.25) is 4.79 Å². The SMILES string of the molecule is CC(C)Cc1ccc(-c2ncc(I)c(=O)[nH]2)cc1. The van der Waals surface area contributed by atoms with Crippen LogP contribution in [0.5, 0.6) is 0 Å². The largest absolute Gasteiger partial charge is 0.306 e. The highest BCUT2D eigenvalue weighted by molar-refractivity contribution is 14.1. The lowest BCUT2D eigenvalue weighted by Gasteiger charge is -2.06. The lowest BCUT2D eigenvalue weighted by atomic mass is 10.0. The molecule has 18 heavy (non-hydrogen) atoms. The molecule has 0 aliphatic carbocycles. The molecule has 0 atom stereocenters. The molecule has 0 fully saturated rings. The summed E-state index contributed by atoms with van der Waals surface area (Å²) < 4.78 is 0.604. The van der Waals surface area contributed by atoms with E-state index in [9.17, 15) is 4.79 Å². The van der Waals surface area contributed by atoms with E-state index in [-0.39, 0.29) is 5.56 Å². The van der Waals surface area contributed by atoms with E-state index in [1.807, 2.05) is 34.7 Å². The average molecular weight is 354 g/mol. The normalized spacial score (nSPS) is 10.9. The molecule has 0 radical (unpaired) electrons. The van der Waals surface area contributed by atoms with Crippen molar-refractivity contribution in [2.24, 2.45) is 5.92 Å². The number of benzene rings is 1. The molecular formula is C14H15IN2O. The van der Waals surface area contributed by atoms with Gasteiger partial charge in [0.25, 0.3) is 5.56 Å². The minimum atomic E-state index is -0.0909. The summed E-state index contributed by atoms with van der Waals surface area (Å²) in [4.78, 5) is 18.5. The zero-order chi connectivity index (χ0) is 13.1. The second-order valence-corrected chi connectivity index (χ2v) is 5.87. The maximum absolute atomic E-state index is 11.5. The van der Waals surface area contributed by atoms with Crippen LogP contribution in [0.3, 0.4) is 0 Å². The van der Waals surface area contributed by atoms with Gasteiger partial charge in [0.15, 0.2) is 0 Å². The van der Waals surface area contributed by atoms with E-state index in [1.165, 1.54) is 5.56 Å². The third-order valence-corrected chi connectivity index (χ3v) is 3.40. The molecule has 0 unspecified atom stereocenters. The first-order chi connectivity index (χ1) is 8.56. The van der Waals surface area contributed by atoms with Crippen LogP contribution in [0.2, 0.25) is 0 Å². The molecule has 1 aromatic heterocycles. The van der Waals surface area contributed by atoms with Crippen LogP contribution in [0.1, 0.15) is 19.4 Å². The van der Waals surface area contributed by atoms with Crippen molar-refractivity contribution < 1.29 is 0 Å². The fraction of sp³-hybridized carbons (Fsp3) is 0.286. The van der Waals surface area contributed by atoms with Gasteiger partial charge in [-0.15, -0.1) is 0 Å². The lowest BCUT2D eigenvalue weighted by Crippen LogP contribution is -2.11. The lowest BCUT2D eigenvalue weighted by molar-refractivity contribution is 0.647. The number of nitrogens with zero attached hydrogens (tertiary/aromatic N) is 1. The Morgan fingerprint density at radius 1 is 1.28 bits per heavy atom. The quantitative estimate of drug-likeness (QED) is 0.861. The minimum absolute atomic E-state index is 0.0909. The van der Waals surface area contributed by atoms with Crippen molar-refractivity contribution in [3.63, 3.8) is 0 Å². The summed E-state index contributed by atoms with van der Waals surface area (Å²) in [5.74, 6) is 1.27. The summed E-state index contributed by atoms with van der Waals surface area (Å²) in [6, 6.07) is 8.19. The molecule has 0 saturated carbocycles. The second kappa shape index (κ2) is 5.65. The topological polar surface area (TPSA) is 45.8 Å². The zero-order valence-corrected chi connectivity index (χ0v) is 12.6. The standard InChI is InChI=1S/C14H15IN2O/c1-9(2)7-10-3-5-11(6-4-10)13-16-8-12(15)14(18)17-13/h3-6,8-9H,7H2,1-2H3,(H,16,17,18). The van der Waals surface area contributed by atoms with E-state index in [0.717, 1.165) is 12.0 Å². The van der Waals surface area contributed by atoms with Crippen LogP contribution < -0.4 is 5.56 Å². The van der Waals surface area contributed by atoms with Crippen LogP contribution >= 0.6 is 22.6 Å². The Bertz CT molecular complexity index is 587. The Balaban J connectivity index is 2.28. The molecule has 0 amide bonds. The fourth-order valence-corrected chi connectivity index (χ4v) is 2.07. The number of rotatable bonds is 3. The predicted molar refractivity (Wildman–Crippen MR) is 81.6 cm³/mol. The van der Waals surface area contributed by atoms with Crippen molar-refractivity contribution in [3.05, 3.63) is 49.9 Å². The molecule has 1 heterocycles. The number of nitrogens with one attached hydrogen (secondary N) is 1. The molecule has 1 aromatic carbocycles. The van der Waals surface area contributed by atoms with Gasteiger partial charge in [-0.1, -0.05) is 38.1 Å². The number of aromatic nitrogens is 2. The van der Waals surface area contributed by atoms with Crippen LogP contribution in [0.15, 0.2) is 35.3 Å². The fourth-order valence-electron chi connectivity index (χ4n) is 1.80. The van der Waals surface area contributed by atoms with Crippen molar-refractivity contribution in [1.29, 1.82) is 0 Å². The van der Waals surface area contributed by atoms with Gasteiger partial charge in [-0.2, -0.15) is 0 Å². The summed E-state index contributed by atoms with van der Waals surface area (Å²) in [6.45, 7) is 4.40. The number of aromatic amines is 1. The van der Waals surface area contributed by atoms with Crippen LogP contribution in [-0.2, 0) is 6.42 Å². The van der Waals surface area contributed by atoms with Crippen LogP contribution in [0.4, 0.5) is 0 Å². The predicted octanol–water partition coefficient (Wildman–Crippen LogP) is 3.24. The third kappa shape index (κ3) is 3.19. The summed E-state index contributed by atoms with van der Waals surface area (Å²) in [5, 5.41) is 0. The summed E-state index contributed by atoms with van der Waals surface area (Å²) in [7, 11) is 0. The van der Waals surface area contributed by atoms with Gasteiger partial charge in [0.2, 0.25) is 0 Å². The Hall–Kier alpha value is -1.17. The monoisotopic (exact) mass is 354 g/mol. The van der Waals surface area contributed by atoms with Gasteiger partial charge in [0.05, 0.1) is 3.57 Å². The molecule has 94 valence electrons. The summed E-state index contributed by atoms with van der Waals surface area (Å²) >= 11 is 1.97. The van der Waals surface area contributed by atoms with Crippen LogP contribution in [-0.4, -0.2) is 9.97 Å². The maximum atomic E-state index is 11.5. The minimum Gasteiger partial charge on any atom is -0.306 e. The first-order valence-electron chi connectivity index (χ1n) is 5.90. The van der Waals surface area contributed by atoms with Gasteiger partial charge in [-0.25, -0.2) is 4.98 Å². The van der Waals surface area contributed by atoms with E-state index in [1.54, 1.807) is 6.20 Å². The molecule has 2 aromatic rings. The highest BCUT2D eigenvalue weighted by Crippen LogP contribution is 2.16. The summed E-state index contributed by atoms with van der Waals surface area (Å²) in [6.07, 6.45) is 2.66. The number of H-pyrrole nitrogens is 1. The number of hydrogen-bond donors (Lipinski definition) is 1. The number of hydrogen-bond acceptors (Lipinski definition) is 2.